The van der Waals surface area contributed by atoms with Crippen molar-refractivity contribution in [1.82, 2.24) is 10.2 Å². The van der Waals surface area contributed by atoms with Crippen molar-refractivity contribution in [2.24, 2.45) is 21.2 Å². The van der Waals surface area contributed by atoms with Crippen LogP contribution in [0.1, 0.15) is 0 Å². The lowest BCUT2D eigenvalue weighted by molar-refractivity contribution is 1.00. The maximum absolute atomic E-state index is 4.77. The van der Waals surface area contributed by atoms with Gasteiger partial charge in [0.2, 0.25) is 0 Å². The molecule has 0 atom stereocenters. The Morgan fingerprint density at radius 2 is 2.45 bits per heavy atom. The number of hydrogen-bond acceptors (Lipinski definition) is 5. The van der Waals surface area contributed by atoms with Crippen molar-refractivity contribution in [3.8, 4) is 0 Å². The third-order valence-corrected chi connectivity index (χ3v) is 0.837. The Balaban J connectivity index is 2.64. The second-order valence-electron chi connectivity index (χ2n) is 1.56. The van der Waals surface area contributed by atoms with E-state index in [1.54, 1.807) is 18.3 Å². The van der Waals surface area contributed by atoms with E-state index in [0.717, 1.165) is 6.34 Å². The van der Waals surface area contributed by atoms with Gasteiger partial charge < -0.3 is 5.84 Å². The van der Waals surface area contributed by atoms with E-state index in [0.29, 0.717) is 5.82 Å². The van der Waals surface area contributed by atoms with Crippen molar-refractivity contribution in [2.45, 2.75) is 0 Å². The summed E-state index contributed by atoms with van der Waals surface area (Å²) in [5.74, 6) is 5.20. The molecule has 0 aliphatic carbocycles. The van der Waals surface area contributed by atoms with Crippen LogP contribution in [0.5, 0.6) is 0 Å². The lowest BCUT2D eigenvalue weighted by Crippen LogP contribution is -1.79. The average Bonchev–Trinajstić information content (AvgIpc) is 2.07. The van der Waals surface area contributed by atoms with Gasteiger partial charge in [-0.2, -0.15) is 10.2 Å². The van der Waals surface area contributed by atoms with Crippen LogP contribution in [-0.4, -0.2) is 16.5 Å². The summed E-state index contributed by atoms with van der Waals surface area (Å²) in [4.78, 5) is 0. The molecule has 6 heteroatoms. The zero-order valence-corrected chi connectivity index (χ0v) is 5.62. The minimum absolute atomic E-state index is 0.424. The van der Waals surface area contributed by atoms with Crippen LogP contribution >= 0.6 is 0 Å². The molecule has 6 nitrogen and oxygen atoms in total. The summed E-state index contributed by atoms with van der Waals surface area (Å²) in [5.41, 5.74) is 0. The topological polar surface area (TPSA) is 88.9 Å². The Kier molecular flexibility index (Phi) is 2.67. The van der Waals surface area contributed by atoms with Gasteiger partial charge in [-0.1, -0.05) is 0 Å². The fraction of sp³-hybridized carbons (Fsp3) is 0. The van der Waals surface area contributed by atoms with Crippen LogP contribution in [0.15, 0.2) is 33.7 Å². The Labute approximate surface area is 62.9 Å². The summed E-state index contributed by atoms with van der Waals surface area (Å²) in [5, 5.41) is 17.4. The Hall–Kier alpha value is -1.85. The van der Waals surface area contributed by atoms with Crippen molar-refractivity contribution in [3.05, 3.63) is 18.3 Å². The van der Waals surface area contributed by atoms with Crippen molar-refractivity contribution in [2.75, 3.05) is 0 Å². The van der Waals surface area contributed by atoms with Gasteiger partial charge in [-0.25, -0.2) is 0 Å². The number of nitrogens with zero attached hydrogens (tertiary/aromatic N) is 5. The molecule has 0 radical (unpaired) electrons. The molecule has 2 N–H and O–H groups in total. The highest BCUT2D eigenvalue weighted by molar-refractivity contribution is 5.54. The molecule has 0 amide bonds. The Bertz CT molecular complexity index is 253. The first kappa shape index (κ1) is 7.26. The number of hydrogen-bond donors (Lipinski definition) is 1. The largest absolute Gasteiger partial charge is 0.322 e. The molecule has 0 spiro atoms. The third kappa shape index (κ3) is 2.48. The SMILES string of the molecule is NN=CN=Nc1cccnn1. The zero-order valence-electron chi connectivity index (χ0n) is 5.62. The monoisotopic (exact) mass is 150 g/mol. The molecular weight excluding hydrogens is 144 g/mol. The molecule has 56 valence electrons. The standard InChI is InChI=1S/C5H6N6/c6-7-4-9-11-5-2-1-3-8-10-5/h1-4H,6H2. The molecule has 1 rings (SSSR count). The average molecular weight is 150 g/mol. The van der Waals surface area contributed by atoms with Gasteiger partial charge in [0.25, 0.3) is 0 Å². The second kappa shape index (κ2) is 4.04. The minimum atomic E-state index is 0.424. The van der Waals surface area contributed by atoms with Gasteiger partial charge in [-0.05, 0) is 12.1 Å². The minimum Gasteiger partial charge on any atom is -0.322 e. The van der Waals surface area contributed by atoms with E-state index in [4.69, 9.17) is 5.84 Å². The van der Waals surface area contributed by atoms with Gasteiger partial charge in [0.15, 0.2) is 12.2 Å². The van der Waals surface area contributed by atoms with E-state index in [9.17, 15) is 0 Å². The van der Waals surface area contributed by atoms with Crippen LogP contribution in [0.3, 0.4) is 0 Å². The van der Waals surface area contributed by atoms with Gasteiger partial charge in [-0.15, -0.1) is 15.3 Å². The Morgan fingerprint density at radius 1 is 1.55 bits per heavy atom. The molecule has 0 saturated heterocycles. The van der Waals surface area contributed by atoms with Crippen LogP contribution < -0.4 is 5.84 Å². The quantitative estimate of drug-likeness (QED) is 0.218. The van der Waals surface area contributed by atoms with Crippen LogP contribution in [0.2, 0.25) is 0 Å². The zero-order chi connectivity index (χ0) is 7.94. The summed E-state index contributed by atoms with van der Waals surface area (Å²) in [6.45, 7) is 0. The van der Waals surface area contributed by atoms with Gasteiger partial charge in [0.05, 0.1) is 0 Å². The van der Waals surface area contributed by atoms with Crippen molar-refractivity contribution >= 4 is 12.2 Å². The summed E-state index contributed by atoms with van der Waals surface area (Å²) in [7, 11) is 0. The lowest BCUT2D eigenvalue weighted by atomic mass is 10.5. The van der Waals surface area contributed by atoms with Crippen molar-refractivity contribution in [3.63, 3.8) is 0 Å². The van der Waals surface area contributed by atoms with E-state index in [-0.39, 0.29) is 0 Å². The smallest absolute Gasteiger partial charge is 0.196 e. The fourth-order valence-electron chi connectivity index (χ4n) is 0.462. The number of rotatable bonds is 2. The number of hydrazone groups is 1. The lowest BCUT2D eigenvalue weighted by Gasteiger charge is -1.83. The number of azo groups is 1. The van der Waals surface area contributed by atoms with E-state index in [1.165, 1.54) is 0 Å². The molecule has 0 fully saturated rings. The summed E-state index contributed by atoms with van der Waals surface area (Å²) >= 11 is 0. The third-order valence-electron chi connectivity index (χ3n) is 0.837. The molecule has 0 aromatic carbocycles. The molecule has 1 aromatic heterocycles. The van der Waals surface area contributed by atoms with E-state index in [1.807, 2.05) is 0 Å². The maximum atomic E-state index is 4.77. The highest BCUT2D eigenvalue weighted by Gasteiger charge is 1.84. The summed E-state index contributed by atoms with van der Waals surface area (Å²) < 4.78 is 0. The highest BCUT2D eigenvalue weighted by atomic mass is 15.2. The second-order valence-corrected chi connectivity index (χ2v) is 1.56. The fourth-order valence-corrected chi connectivity index (χ4v) is 0.462. The number of aromatic nitrogens is 2. The van der Waals surface area contributed by atoms with E-state index in [2.05, 4.69) is 25.5 Å². The highest BCUT2D eigenvalue weighted by Crippen LogP contribution is 2.02. The predicted molar refractivity (Wildman–Crippen MR) is 39.2 cm³/mol. The first-order chi connectivity index (χ1) is 5.43. The van der Waals surface area contributed by atoms with Gasteiger partial charge in [0, 0.05) is 6.20 Å². The molecular formula is C5H6N6. The van der Waals surface area contributed by atoms with Gasteiger partial charge in [-0.3, -0.25) is 0 Å². The first-order valence-electron chi connectivity index (χ1n) is 2.84. The molecule has 1 heterocycles. The van der Waals surface area contributed by atoms with Gasteiger partial charge >= 0.3 is 0 Å². The molecule has 1 aromatic rings. The molecule has 0 saturated carbocycles. The molecule has 0 aliphatic rings. The van der Waals surface area contributed by atoms with Gasteiger partial charge in [0.1, 0.15) is 0 Å². The first-order valence-corrected chi connectivity index (χ1v) is 2.84. The maximum Gasteiger partial charge on any atom is 0.196 e. The van der Waals surface area contributed by atoms with Crippen LogP contribution in [0, 0.1) is 0 Å². The molecule has 0 aliphatic heterocycles. The molecule has 0 bridgehead atoms. The van der Waals surface area contributed by atoms with Crippen molar-refractivity contribution in [1.29, 1.82) is 0 Å². The van der Waals surface area contributed by atoms with Crippen LogP contribution in [0.4, 0.5) is 5.82 Å². The van der Waals surface area contributed by atoms with E-state index < -0.39 is 0 Å². The molecule has 0 unspecified atom stereocenters. The summed E-state index contributed by atoms with van der Waals surface area (Å²) in [6, 6.07) is 3.38. The Morgan fingerprint density at radius 3 is 3.09 bits per heavy atom. The normalized spacial score (nSPS) is 11.3. The predicted octanol–water partition coefficient (Wildman–Crippen LogP) is 0.462. The van der Waals surface area contributed by atoms with Crippen LogP contribution in [-0.2, 0) is 0 Å². The molecule has 11 heavy (non-hydrogen) atoms. The van der Waals surface area contributed by atoms with E-state index >= 15 is 0 Å². The van der Waals surface area contributed by atoms with Crippen LogP contribution in [0.25, 0.3) is 0 Å². The van der Waals surface area contributed by atoms with Crippen molar-refractivity contribution < 1.29 is 0 Å². The summed E-state index contributed by atoms with van der Waals surface area (Å²) in [6.07, 6.45) is 2.67. The number of nitrogens with two attached hydrogens (primary N) is 1.